The molecule has 3 aromatic rings. The molecule has 130 valence electrons. The van der Waals surface area contributed by atoms with E-state index in [2.05, 4.69) is 20.5 Å². The lowest BCUT2D eigenvalue weighted by Gasteiger charge is -2.18. The number of fused-ring (bicyclic) bond motifs is 1. The Hall–Kier alpha value is -3.11. The Labute approximate surface area is 154 Å². The molecule has 3 heterocycles. The molecule has 2 N–H and O–H groups in total. The van der Waals surface area contributed by atoms with E-state index in [9.17, 15) is 4.79 Å². The van der Waals surface area contributed by atoms with Crippen molar-refractivity contribution in [2.75, 3.05) is 18.4 Å². The largest absolute Gasteiger partial charge is 0.364 e. The number of benzene rings is 1. The zero-order valence-corrected chi connectivity index (χ0v) is 14.5. The van der Waals surface area contributed by atoms with Crippen LogP contribution in [0.25, 0.3) is 10.9 Å². The van der Waals surface area contributed by atoms with Gasteiger partial charge < -0.3 is 10.2 Å². The SMILES string of the molecule is N#Cc1cnc(N[C@H]2CCN(C(=O)c3cccc4cn[nH]c34)C2)c(Cl)c1. The minimum Gasteiger partial charge on any atom is -0.364 e. The minimum atomic E-state index is -0.0250. The van der Waals surface area contributed by atoms with E-state index in [4.69, 9.17) is 16.9 Å². The highest BCUT2D eigenvalue weighted by molar-refractivity contribution is 6.33. The zero-order valence-electron chi connectivity index (χ0n) is 13.7. The van der Waals surface area contributed by atoms with E-state index in [0.717, 1.165) is 17.3 Å². The van der Waals surface area contributed by atoms with Gasteiger partial charge in [-0.15, -0.1) is 0 Å². The average molecular weight is 367 g/mol. The Morgan fingerprint density at radius 2 is 2.31 bits per heavy atom. The zero-order chi connectivity index (χ0) is 18.1. The lowest BCUT2D eigenvalue weighted by atomic mass is 10.1. The molecule has 4 rings (SSSR count). The first-order valence-electron chi connectivity index (χ1n) is 8.19. The summed E-state index contributed by atoms with van der Waals surface area (Å²) >= 11 is 6.17. The molecule has 1 aliphatic heterocycles. The second-order valence-corrected chi connectivity index (χ2v) is 6.59. The molecule has 0 spiro atoms. The van der Waals surface area contributed by atoms with Gasteiger partial charge in [-0.2, -0.15) is 10.4 Å². The van der Waals surface area contributed by atoms with Gasteiger partial charge in [-0.1, -0.05) is 23.7 Å². The number of hydrogen-bond acceptors (Lipinski definition) is 5. The molecule has 1 aromatic carbocycles. The third-order valence-electron chi connectivity index (χ3n) is 4.49. The van der Waals surface area contributed by atoms with Crippen LogP contribution in [-0.4, -0.2) is 45.1 Å². The molecule has 1 fully saturated rings. The number of rotatable bonds is 3. The highest BCUT2D eigenvalue weighted by Gasteiger charge is 2.28. The molecule has 2 aromatic heterocycles. The molecule has 1 amide bonds. The molecule has 0 radical (unpaired) electrons. The van der Waals surface area contributed by atoms with E-state index in [0.29, 0.717) is 35.1 Å². The topological polar surface area (TPSA) is 97.7 Å². The molecule has 1 saturated heterocycles. The second-order valence-electron chi connectivity index (χ2n) is 6.19. The van der Waals surface area contributed by atoms with Crippen LogP contribution in [-0.2, 0) is 0 Å². The molecule has 1 aliphatic rings. The maximum atomic E-state index is 12.9. The lowest BCUT2D eigenvalue weighted by molar-refractivity contribution is 0.0793. The van der Waals surface area contributed by atoms with Gasteiger partial charge in [0.05, 0.1) is 27.9 Å². The maximum absolute atomic E-state index is 12.9. The van der Waals surface area contributed by atoms with Gasteiger partial charge in [0.15, 0.2) is 0 Å². The van der Waals surface area contributed by atoms with Gasteiger partial charge in [0.2, 0.25) is 0 Å². The van der Waals surface area contributed by atoms with Crippen molar-refractivity contribution in [3.05, 3.63) is 52.8 Å². The highest BCUT2D eigenvalue weighted by atomic mass is 35.5. The van der Waals surface area contributed by atoms with E-state index in [-0.39, 0.29) is 11.9 Å². The van der Waals surface area contributed by atoms with Gasteiger partial charge in [0, 0.05) is 30.7 Å². The third-order valence-corrected chi connectivity index (χ3v) is 4.78. The number of anilines is 1. The summed E-state index contributed by atoms with van der Waals surface area (Å²) in [7, 11) is 0. The summed E-state index contributed by atoms with van der Waals surface area (Å²) < 4.78 is 0. The fourth-order valence-corrected chi connectivity index (χ4v) is 3.40. The van der Waals surface area contributed by atoms with E-state index in [1.165, 1.54) is 6.20 Å². The third kappa shape index (κ3) is 2.95. The molecule has 0 unspecified atom stereocenters. The van der Waals surface area contributed by atoms with Crippen molar-refractivity contribution in [3.8, 4) is 6.07 Å². The predicted octanol–water partition coefficient (Wildman–Crippen LogP) is 2.81. The number of carbonyl (C=O) groups is 1. The standard InChI is InChI=1S/C18H15ClN6O/c19-15-6-11(7-20)8-21-17(15)23-13-4-5-25(10-13)18(26)14-3-1-2-12-9-22-24-16(12)14/h1-3,6,8-9,13H,4-5,10H2,(H,21,23)(H,22,24)/t13-/m0/s1. The number of pyridine rings is 1. The van der Waals surface area contributed by atoms with Gasteiger partial charge in [0.25, 0.3) is 5.91 Å². The number of carbonyl (C=O) groups excluding carboxylic acids is 1. The van der Waals surface area contributed by atoms with Crippen LogP contribution in [0.15, 0.2) is 36.7 Å². The molecule has 7 nitrogen and oxygen atoms in total. The average Bonchev–Trinajstić information content (AvgIpc) is 3.31. The summed E-state index contributed by atoms with van der Waals surface area (Å²) in [5.41, 5.74) is 1.79. The second kappa shape index (κ2) is 6.65. The number of aromatic nitrogens is 3. The van der Waals surface area contributed by atoms with Crippen LogP contribution in [0.3, 0.4) is 0 Å². The smallest absolute Gasteiger partial charge is 0.256 e. The molecule has 0 bridgehead atoms. The first-order valence-corrected chi connectivity index (χ1v) is 8.57. The quantitative estimate of drug-likeness (QED) is 0.742. The number of nitrogens with one attached hydrogen (secondary N) is 2. The fourth-order valence-electron chi connectivity index (χ4n) is 3.18. The van der Waals surface area contributed by atoms with Crippen LogP contribution in [0.5, 0.6) is 0 Å². The highest BCUT2D eigenvalue weighted by Crippen LogP contribution is 2.24. The molecule has 8 heteroatoms. The van der Waals surface area contributed by atoms with Gasteiger partial charge in [0.1, 0.15) is 11.9 Å². The first-order chi connectivity index (χ1) is 12.7. The molecule has 0 aliphatic carbocycles. The molecular formula is C18H15ClN6O. The summed E-state index contributed by atoms with van der Waals surface area (Å²) in [5, 5.41) is 20.4. The Morgan fingerprint density at radius 3 is 3.12 bits per heavy atom. The maximum Gasteiger partial charge on any atom is 0.256 e. The van der Waals surface area contributed by atoms with E-state index in [1.807, 2.05) is 29.2 Å². The van der Waals surface area contributed by atoms with Gasteiger partial charge in [-0.25, -0.2) is 4.98 Å². The summed E-state index contributed by atoms with van der Waals surface area (Å²) in [6, 6.07) is 9.22. The van der Waals surface area contributed by atoms with E-state index in [1.54, 1.807) is 12.3 Å². The number of hydrogen-bond donors (Lipinski definition) is 2. The number of halogens is 1. The fraction of sp³-hybridized carbons (Fsp3) is 0.222. The first kappa shape index (κ1) is 16.4. The predicted molar refractivity (Wildman–Crippen MR) is 98.0 cm³/mol. The van der Waals surface area contributed by atoms with E-state index < -0.39 is 0 Å². The number of nitriles is 1. The van der Waals surface area contributed by atoms with Crippen molar-refractivity contribution >= 4 is 34.2 Å². The van der Waals surface area contributed by atoms with E-state index >= 15 is 0 Å². The number of likely N-dealkylation sites (tertiary alicyclic amines) is 1. The summed E-state index contributed by atoms with van der Waals surface area (Å²) in [6.07, 6.45) is 3.98. The monoisotopic (exact) mass is 366 g/mol. The van der Waals surface area contributed by atoms with Gasteiger partial charge in [-0.05, 0) is 18.6 Å². The molecule has 1 atom stereocenters. The Balaban J connectivity index is 1.48. The van der Waals surface area contributed by atoms with Gasteiger partial charge >= 0.3 is 0 Å². The van der Waals surface area contributed by atoms with Crippen molar-refractivity contribution in [3.63, 3.8) is 0 Å². The Bertz CT molecular complexity index is 1020. The van der Waals surface area contributed by atoms with Gasteiger partial charge in [-0.3, -0.25) is 9.89 Å². The van der Waals surface area contributed by atoms with Crippen LogP contribution < -0.4 is 5.32 Å². The molecule has 26 heavy (non-hydrogen) atoms. The Kier molecular flexibility index (Phi) is 4.19. The number of amides is 1. The van der Waals surface area contributed by atoms with Crippen molar-refractivity contribution in [2.45, 2.75) is 12.5 Å². The number of nitrogens with zero attached hydrogens (tertiary/aromatic N) is 4. The normalized spacial score (nSPS) is 16.6. The van der Waals surface area contributed by atoms with Crippen molar-refractivity contribution in [1.29, 1.82) is 5.26 Å². The van der Waals surface area contributed by atoms with Crippen LogP contribution in [0.1, 0.15) is 22.3 Å². The van der Waals surface area contributed by atoms with Crippen LogP contribution >= 0.6 is 11.6 Å². The molecular weight excluding hydrogens is 352 g/mol. The molecule has 0 saturated carbocycles. The van der Waals surface area contributed by atoms with Crippen LogP contribution in [0.2, 0.25) is 5.02 Å². The van der Waals surface area contributed by atoms with Crippen LogP contribution in [0, 0.1) is 11.3 Å². The lowest BCUT2D eigenvalue weighted by Crippen LogP contribution is -2.31. The summed E-state index contributed by atoms with van der Waals surface area (Å²) in [6.45, 7) is 1.20. The number of aromatic amines is 1. The number of para-hydroxylation sites is 1. The van der Waals surface area contributed by atoms with Crippen LogP contribution in [0.4, 0.5) is 5.82 Å². The van der Waals surface area contributed by atoms with Crippen molar-refractivity contribution in [1.82, 2.24) is 20.1 Å². The minimum absolute atomic E-state index is 0.0250. The van der Waals surface area contributed by atoms with Crippen molar-refractivity contribution < 1.29 is 4.79 Å². The van der Waals surface area contributed by atoms with Crippen molar-refractivity contribution in [2.24, 2.45) is 0 Å². The number of H-pyrrole nitrogens is 1. The summed E-state index contributed by atoms with van der Waals surface area (Å²) in [4.78, 5) is 18.9. The Morgan fingerprint density at radius 1 is 1.42 bits per heavy atom. The summed E-state index contributed by atoms with van der Waals surface area (Å²) in [5.74, 6) is 0.503.